The molecule has 0 saturated heterocycles. The molecular formula is C25H24N4O4S. The molecule has 9 heteroatoms. The van der Waals surface area contributed by atoms with E-state index in [0.717, 1.165) is 22.9 Å². The second-order valence-corrected chi connectivity index (χ2v) is 9.96. The summed E-state index contributed by atoms with van der Waals surface area (Å²) in [6.45, 7) is 2.14. The maximum absolute atomic E-state index is 12.6. The number of rotatable bonds is 6. The fraction of sp³-hybridized carbons (Fsp3) is 0.160. The van der Waals surface area contributed by atoms with Gasteiger partial charge in [-0.05, 0) is 42.8 Å². The van der Waals surface area contributed by atoms with E-state index in [2.05, 4.69) is 10.2 Å². The molecule has 4 rings (SSSR count). The van der Waals surface area contributed by atoms with Crippen LogP contribution in [0.15, 0.2) is 83.0 Å². The first-order valence-electron chi connectivity index (χ1n) is 10.5. The average molecular weight is 477 g/mol. The number of azo groups is 1. The maximum atomic E-state index is 12.6. The lowest BCUT2D eigenvalue weighted by Gasteiger charge is -2.22. The molecule has 1 amide bonds. The van der Waals surface area contributed by atoms with Crippen molar-refractivity contribution < 1.29 is 18.3 Å². The number of carbonyl (C=O) groups is 1. The number of amides is 1. The number of anilines is 1. The number of para-hydroxylation sites is 1. The van der Waals surface area contributed by atoms with Gasteiger partial charge in [-0.25, -0.2) is 8.42 Å². The molecule has 1 heterocycles. The number of aromatic hydroxyl groups is 1. The zero-order chi connectivity index (χ0) is 24.5. The molecule has 0 unspecified atom stereocenters. The summed E-state index contributed by atoms with van der Waals surface area (Å²) in [6.07, 6.45) is 1.14. The first kappa shape index (κ1) is 23.2. The van der Waals surface area contributed by atoms with Gasteiger partial charge in [-0.1, -0.05) is 48.0 Å². The Balaban J connectivity index is 1.57. The first-order valence-corrected chi connectivity index (χ1v) is 12.4. The van der Waals surface area contributed by atoms with Crippen LogP contribution in [0.2, 0.25) is 0 Å². The Bertz CT molecular complexity index is 1490. The number of hydrogen-bond donors (Lipinski definition) is 1. The Kier molecular flexibility index (Phi) is 6.21. The summed E-state index contributed by atoms with van der Waals surface area (Å²) in [4.78, 5) is 12.6. The number of benzene rings is 3. The Hall–Kier alpha value is -3.98. The molecule has 0 saturated carbocycles. The summed E-state index contributed by atoms with van der Waals surface area (Å²) in [5, 5.41) is 18.8. The minimum absolute atomic E-state index is 0.0898. The number of fused-ring (bicyclic) bond motifs is 1. The van der Waals surface area contributed by atoms with E-state index >= 15 is 0 Å². The van der Waals surface area contributed by atoms with Crippen LogP contribution >= 0.6 is 0 Å². The number of aromatic nitrogens is 1. The van der Waals surface area contributed by atoms with Gasteiger partial charge in [0.2, 0.25) is 15.9 Å². The van der Waals surface area contributed by atoms with E-state index in [0.29, 0.717) is 11.1 Å². The van der Waals surface area contributed by atoms with Crippen LogP contribution in [-0.2, 0) is 23.6 Å². The average Bonchev–Trinajstić information content (AvgIpc) is 3.06. The predicted molar refractivity (Wildman–Crippen MR) is 132 cm³/mol. The molecule has 4 aromatic rings. The van der Waals surface area contributed by atoms with Crippen LogP contribution in [0, 0.1) is 6.92 Å². The number of carbonyl (C=O) groups excluding carboxylic acids is 1. The van der Waals surface area contributed by atoms with Crippen LogP contribution in [0.4, 0.5) is 11.4 Å². The van der Waals surface area contributed by atoms with Crippen LogP contribution in [0.25, 0.3) is 10.9 Å². The smallest absolute Gasteiger partial charge is 0.295 e. The van der Waals surface area contributed by atoms with Gasteiger partial charge < -0.3 is 9.67 Å². The van der Waals surface area contributed by atoms with Crippen molar-refractivity contribution in [3.05, 3.63) is 89.5 Å². The van der Waals surface area contributed by atoms with Gasteiger partial charge in [-0.15, -0.1) is 10.2 Å². The van der Waals surface area contributed by atoms with Crippen molar-refractivity contribution in [2.24, 2.45) is 17.3 Å². The molecular weight excluding hydrogens is 452 g/mol. The zero-order valence-corrected chi connectivity index (χ0v) is 19.8. The van der Waals surface area contributed by atoms with E-state index in [9.17, 15) is 18.3 Å². The normalized spacial score (nSPS) is 11.9. The quantitative estimate of drug-likeness (QED) is 0.392. The SMILES string of the molecule is Cc1ccc(CN(c2ccc(C(=O)N=Nc3c(O)n(C)c4ccccc34)cc2)S(C)(=O)=O)cc1. The molecule has 0 bridgehead atoms. The van der Waals surface area contributed by atoms with Crippen molar-refractivity contribution in [1.29, 1.82) is 0 Å². The van der Waals surface area contributed by atoms with Crippen molar-refractivity contribution >= 4 is 38.2 Å². The van der Waals surface area contributed by atoms with E-state index < -0.39 is 15.9 Å². The van der Waals surface area contributed by atoms with E-state index in [4.69, 9.17) is 0 Å². The van der Waals surface area contributed by atoms with Gasteiger partial charge in [0.05, 0.1) is 24.0 Å². The topological polar surface area (TPSA) is 104 Å². The van der Waals surface area contributed by atoms with Gasteiger partial charge in [0.1, 0.15) is 0 Å². The van der Waals surface area contributed by atoms with Crippen LogP contribution in [-0.4, -0.2) is 30.3 Å². The largest absolute Gasteiger partial charge is 0.493 e. The summed E-state index contributed by atoms with van der Waals surface area (Å²) in [6, 6.07) is 21.0. The Morgan fingerprint density at radius 3 is 2.29 bits per heavy atom. The third kappa shape index (κ3) is 4.69. The lowest BCUT2D eigenvalue weighted by molar-refractivity contribution is 0.0995. The van der Waals surface area contributed by atoms with Crippen molar-refractivity contribution in [3.63, 3.8) is 0 Å². The Morgan fingerprint density at radius 1 is 1.00 bits per heavy atom. The zero-order valence-electron chi connectivity index (χ0n) is 19.0. The van der Waals surface area contributed by atoms with Crippen LogP contribution in [0.3, 0.4) is 0 Å². The molecule has 0 radical (unpaired) electrons. The molecule has 0 aliphatic carbocycles. The Morgan fingerprint density at radius 2 is 1.65 bits per heavy atom. The summed E-state index contributed by atoms with van der Waals surface area (Å²) in [5.41, 5.74) is 3.59. The van der Waals surface area contributed by atoms with Crippen molar-refractivity contribution in [1.82, 2.24) is 4.57 Å². The number of nitrogens with zero attached hydrogens (tertiary/aromatic N) is 4. The Labute approximate surface area is 197 Å². The predicted octanol–water partition coefficient (Wildman–Crippen LogP) is 5.08. The van der Waals surface area contributed by atoms with E-state index in [1.807, 2.05) is 49.4 Å². The lowest BCUT2D eigenvalue weighted by Crippen LogP contribution is -2.29. The molecule has 3 aromatic carbocycles. The third-order valence-electron chi connectivity index (χ3n) is 5.54. The highest BCUT2D eigenvalue weighted by Gasteiger charge is 2.19. The monoisotopic (exact) mass is 476 g/mol. The van der Waals surface area contributed by atoms with Crippen LogP contribution in [0.1, 0.15) is 21.5 Å². The van der Waals surface area contributed by atoms with E-state index in [1.54, 1.807) is 29.8 Å². The molecule has 34 heavy (non-hydrogen) atoms. The summed E-state index contributed by atoms with van der Waals surface area (Å²) in [5.74, 6) is -0.698. The van der Waals surface area contributed by atoms with Crippen LogP contribution < -0.4 is 4.31 Å². The van der Waals surface area contributed by atoms with Gasteiger partial charge in [0.25, 0.3) is 5.91 Å². The van der Waals surface area contributed by atoms with Gasteiger partial charge in [-0.3, -0.25) is 9.10 Å². The summed E-state index contributed by atoms with van der Waals surface area (Å²) >= 11 is 0. The minimum Gasteiger partial charge on any atom is -0.493 e. The number of sulfonamides is 1. The first-order chi connectivity index (χ1) is 16.1. The number of aryl methyl sites for hydroxylation is 2. The molecule has 0 aliphatic rings. The fourth-order valence-corrected chi connectivity index (χ4v) is 4.53. The van der Waals surface area contributed by atoms with Crippen molar-refractivity contribution in [3.8, 4) is 5.88 Å². The van der Waals surface area contributed by atoms with Crippen molar-refractivity contribution in [2.45, 2.75) is 13.5 Å². The van der Waals surface area contributed by atoms with Crippen LogP contribution in [0.5, 0.6) is 5.88 Å². The van der Waals surface area contributed by atoms with Gasteiger partial charge in [0.15, 0.2) is 5.69 Å². The second-order valence-electron chi connectivity index (χ2n) is 8.06. The number of hydrogen-bond acceptors (Lipinski definition) is 5. The molecule has 174 valence electrons. The second kappa shape index (κ2) is 9.11. The molecule has 0 atom stereocenters. The standard InChI is InChI=1S/C25H24N4O4S/c1-17-8-10-18(11-9-17)16-29(34(3,32)33)20-14-12-19(13-15-20)24(30)27-26-23-21-6-4-5-7-22(21)28(2)25(23)31/h4-15,31H,16H2,1-3H3. The molecule has 8 nitrogen and oxygen atoms in total. The molecule has 0 fully saturated rings. The lowest BCUT2D eigenvalue weighted by atomic mass is 10.1. The molecule has 0 spiro atoms. The van der Waals surface area contributed by atoms with Gasteiger partial charge in [0, 0.05) is 18.0 Å². The highest BCUT2D eigenvalue weighted by Crippen LogP contribution is 2.37. The highest BCUT2D eigenvalue weighted by atomic mass is 32.2. The molecule has 1 aromatic heterocycles. The highest BCUT2D eigenvalue weighted by molar-refractivity contribution is 7.92. The van der Waals surface area contributed by atoms with E-state index in [1.165, 1.54) is 16.4 Å². The van der Waals surface area contributed by atoms with Gasteiger partial charge in [-0.2, -0.15) is 0 Å². The third-order valence-corrected chi connectivity index (χ3v) is 6.68. The molecule has 1 N–H and O–H groups in total. The summed E-state index contributed by atoms with van der Waals surface area (Å²) in [7, 11) is -1.86. The van der Waals surface area contributed by atoms with E-state index in [-0.39, 0.29) is 23.7 Å². The molecule has 0 aliphatic heterocycles. The minimum atomic E-state index is -3.55. The van der Waals surface area contributed by atoms with Crippen molar-refractivity contribution in [2.75, 3.05) is 10.6 Å². The summed E-state index contributed by atoms with van der Waals surface area (Å²) < 4.78 is 27.7. The van der Waals surface area contributed by atoms with Gasteiger partial charge >= 0.3 is 0 Å². The fourth-order valence-electron chi connectivity index (χ4n) is 3.64. The maximum Gasteiger partial charge on any atom is 0.295 e.